The van der Waals surface area contributed by atoms with Gasteiger partial charge in [-0.25, -0.2) is 0 Å². The summed E-state index contributed by atoms with van der Waals surface area (Å²) in [5, 5.41) is 2.32. The molecule has 20 heavy (non-hydrogen) atoms. The fourth-order valence-corrected chi connectivity index (χ4v) is 2.03. The molecule has 0 aromatic heterocycles. The second kappa shape index (κ2) is 7.64. The number of anilines is 1. The number of hydrogen-bond acceptors (Lipinski definition) is 5. The third-order valence-corrected chi connectivity index (χ3v) is 3.69. The Balaban J connectivity index is 2.60. The van der Waals surface area contributed by atoms with Crippen LogP contribution in [0.5, 0.6) is 11.5 Å². The van der Waals surface area contributed by atoms with Crippen LogP contribution in [0, 0.1) is 0 Å². The number of carbonyl (C=O) groups excluding carboxylic acids is 2. The largest absolute Gasteiger partial charge is 0.493 e. The number of ether oxygens (including phenoxy) is 2. The van der Waals surface area contributed by atoms with E-state index in [4.69, 9.17) is 15.2 Å². The monoisotopic (exact) mass is 298 g/mol. The number of thioether (sulfide) groups is 1. The molecule has 3 N–H and O–H groups in total. The Morgan fingerprint density at radius 2 is 1.95 bits per heavy atom. The fourth-order valence-electron chi connectivity index (χ4n) is 1.39. The van der Waals surface area contributed by atoms with Gasteiger partial charge in [-0.05, 0) is 19.1 Å². The van der Waals surface area contributed by atoms with Gasteiger partial charge in [-0.2, -0.15) is 0 Å². The Morgan fingerprint density at radius 1 is 1.30 bits per heavy atom. The molecule has 0 bridgehead atoms. The van der Waals surface area contributed by atoms with Crippen LogP contribution in [0.4, 0.5) is 5.69 Å². The number of methoxy groups -OCH3 is 2. The summed E-state index contributed by atoms with van der Waals surface area (Å²) in [6, 6.07) is 5.08. The number of carbonyl (C=O) groups is 2. The molecule has 1 aromatic carbocycles. The van der Waals surface area contributed by atoms with Crippen LogP contribution in [0.2, 0.25) is 0 Å². The SMILES string of the molecule is COc1ccc(NC(=O)CSC(C)C(N)=O)cc1OC. The lowest BCUT2D eigenvalue weighted by Crippen LogP contribution is -2.25. The van der Waals surface area contributed by atoms with Gasteiger partial charge in [0.15, 0.2) is 11.5 Å². The van der Waals surface area contributed by atoms with Gasteiger partial charge in [0, 0.05) is 11.8 Å². The van der Waals surface area contributed by atoms with E-state index in [1.807, 2.05) is 0 Å². The molecule has 1 aromatic rings. The molecule has 2 amide bonds. The Morgan fingerprint density at radius 3 is 2.50 bits per heavy atom. The molecule has 1 atom stereocenters. The van der Waals surface area contributed by atoms with E-state index in [0.29, 0.717) is 17.2 Å². The zero-order valence-electron chi connectivity index (χ0n) is 11.6. The normalized spacial score (nSPS) is 11.6. The van der Waals surface area contributed by atoms with Gasteiger partial charge in [0.05, 0.1) is 25.2 Å². The van der Waals surface area contributed by atoms with E-state index >= 15 is 0 Å². The number of amides is 2. The lowest BCUT2D eigenvalue weighted by Gasteiger charge is -2.11. The fraction of sp³-hybridized carbons (Fsp3) is 0.385. The highest BCUT2D eigenvalue weighted by Crippen LogP contribution is 2.29. The van der Waals surface area contributed by atoms with Gasteiger partial charge < -0.3 is 20.5 Å². The van der Waals surface area contributed by atoms with E-state index < -0.39 is 11.2 Å². The van der Waals surface area contributed by atoms with Crippen LogP contribution in [0.25, 0.3) is 0 Å². The topological polar surface area (TPSA) is 90.6 Å². The number of hydrogen-bond donors (Lipinski definition) is 2. The Hall–Kier alpha value is -1.89. The van der Waals surface area contributed by atoms with Crippen molar-refractivity contribution in [2.75, 3.05) is 25.3 Å². The van der Waals surface area contributed by atoms with Gasteiger partial charge in [-0.15, -0.1) is 11.8 Å². The van der Waals surface area contributed by atoms with Crippen LogP contribution in [-0.4, -0.2) is 37.0 Å². The van der Waals surface area contributed by atoms with E-state index in [9.17, 15) is 9.59 Å². The van der Waals surface area contributed by atoms with Crippen molar-refractivity contribution in [2.24, 2.45) is 5.73 Å². The quantitative estimate of drug-likeness (QED) is 0.790. The Bertz CT molecular complexity index is 493. The number of nitrogens with two attached hydrogens (primary N) is 1. The predicted octanol–water partition coefficient (Wildman–Crippen LogP) is 1.25. The molecule has 0 saturated carbocycles. The lowest BCUT2D eigenvalue weighted by molar-refractivity contribution is -0.117. The average Bonchev–Trinajstić information content (AvgIpc) is 2.44. The summed E-state index contributed by atoms with van der Waals surface area (Å²) in [7, 11) is 3.06. The molecule has 0 saturated heterocycles. The smallest absolute Gasteiger partial charge is 0.234 e. The zero-order valence-corrected chi connectivity index (χ0v) is 12.5. The first-order valence-electron chi connectivity index (χ1n) is 5.90. The van der Waals surface area contributed by atoms with Crippen LogP contribution in [0.3, 0.4) is 0 Å². The van der Waals surface area contributed by atoms with Gasteiger partial charge in [0.25, 0.3) is 0 Å². The summed E-state index contributed by atoms with van der Waals surface area (Å²) in [5.41, 5.74) is 5.72. The Labute approximate surface area is 122 Å². The maximum atomic E-state index is 11.7. The first-order chi connectivity index (χ1) is 9.47. The number of nitrogens with one attached hydrogen (secondary N) is 1. The molecule has 0 aliphatic carbocycles. The molecule has 0 aliphatic heterocycles. The standard InChI is InChI=1S/C13H18N2O4S/c1-8(13(14)17)20-7-12(16)15-9-4-5-10(18-2)11(6-9)19-3/h4-6,8H,7H2,1-3H3,(H2,14,17)(H,15,16). The summed E-state index contributed by atoms with van der Waals surface area (Å²) < 4.78 is 10.3. The van der Waals surface area contributed by atoms with Gasteiger partial charge in [-0.3, -0.25) is 9.59 Å². The van der Waals surface area contributed by atoms with Crippen molar-refractivity contribution in [3.05, 3.63) is 18.2 Å². The first-order valence-corrected chi connectivity index (χ1v) is 6.95. The van der Waals surface area contributed by atoms with Gasteiger partial charge >= 0.3 is 0 Å². The van der Waals surface area contributed by atoms with Crippen molar-refractivity contribution in [1.29, 1.82) is 0 Å². The number of benzene rings is 1. The minimum absolute atomic E-state index is 0.151. The molecule has 0 aliphatic rings. The van der Waals surface area contributed by atoms with Crippen LogP contribution in [0.1, 0.15) is 6.92 Å². The molecule has 0 heterocycles. The predicted molar refractivity (Wildman–Crippen MR) is 79.3 cm³/mol. The van der Waals surface area contributed by atoms with Gasteiger partial charge in [0.2, 0.25) is 11.8 Å². The van der Waals surface area contributed by atoms with Crippen molar-refractivity contribution in [3.63, 3.8) is 0 Å². The maximum absolute atomic E-state index is 11.7. The minimum atomic E-state index is -0.436. The second-order valence-corrected chi connectivity index (χ2v) is 5.30. The molecule has 110 valence electrons. The van der Waals surface area contributed by atoms with E-state index in [1.54, 1.807) is 25.1 Å². The van der Waals surface area contributed by atoms with Crippen LogP contribution in [0.15, 0.2) is 18.2 Å². The summed E-state index contributed by atoms with van der Waals surface area (Å²) >= 11 is 1.19. The van der Waals surface area contributed by atoms with Crippen LogP contribution in [-0.2, 0) is 9.59 Å². The maximum Gasteiger partial charge on any atom is 0.234 e. The lowest BCUT2D eigenvalue weighted by atomic mass is 10.2. The molecular weight excluding hydrogens is 280 g/mol. The number of primary amides is 1. The molecule has 0 spiro atoms. The molecular formula is C13H18N2O4S. The van der Waals surface area contributed by atoms with Gasteiger partial charge in [-0.1, -0.05) is 0 Å². The molecule has 6 nitrogen and oxygen atoms in total. The summed E-state index contributed by atoms with van der Waals surface area (Å²) in [4.78, 5) is 22.6. The van der Waals surface area contributed by atoms with Crippen molar-refractivity contribution < 1.29 is 19.1 Å². The molecule has 1 unspecified atom stereocenters. The molecule has 1 rings (SSSR count). The summed E-state index contributed by atoms with van der Waals surface area (Å²) in [6.07, 6.45) is 0. The highest BCUT2D eigenvalue weighted by Gasteiger charge is 2.12. The zero-order chi connectivity index (χ0) is 15.1. The third kappa shape index (κ3) is 4.65. The van der Waals surface area contributed by atoms with E-state index in [0.717, 1.165) is 0 Å². The minimum Gasteiger partial charge on any atom is -0.493 e. The van der Waals surface area contributed by atoms with Crippen LogP contribution >= 0.6 is 11.8 Å². The van der Waals surface area contributed by atoms with Gasteiger partial charge in [0.1, 0.15) is 0 Å². The summed E-state index contributed by atoms with van der Waals surface area (Å²) in [5.74, 6) is 0.619. The van der Waals surface area contributed by atoms with Crippen LogP contribution < -0.4 is 20.5 Å². The Kier molecular flexibility index (Phi) is 6.17. The van der Waals surface area contributed by atoms with Crippen molar-refractivity contribution in [1.82, 2.24) is 0 Å². The number of rotatable bonds is 7. The van der Waals surface area contributed by atoms with Crippen molar-refractivity contribution >= 4 is 29.3 Å². The van der Waals surface area contributed by atoms with E-state index in [2.05, 4.69) is 5.32 Å². The van der Waals surface area contributed by atoms with E-state index in [-0.39, 0.29) is 11.7 Å². The molecule has 0 fully saturated rings. The summed E-state index contributed by atoms with van der Waals surface area (Å²) in [6.45, 7) is 1.66. The van der Waals surface area contributed by atoms with Crippen molar-refractivity contribution in [2.45, 2.75) is 12.2 Å². The highest BCUT2D eigenvalue weighted by atomic mass is 32.2. The first kappa shape index (κ1) is 16.2. The molecule has 0 radical (unpaired) electrons. The van der Waals surface area contributed by atoms with Crippen molar-refractivity contribution in [3.8, 4) is 11.5 Å². The third-order valence-electron chi connectivity index (χ3n) is 2.53. The average molecular weight is 298 g/mol. The second-order valence-electron chi connectivity index (χ2n) is 3.97. The van der Waals surface area contributed by atoms with E-state index in [1.165, 1.54) is 26.0 Å². The highest BCUT2D eigenvalue weighted by molar-refractivity contribution is 8.01. The molecule has 7 heteroatoms.